The first-order chi connectivity index (χ1) is 21.2. The molecule has 5 atom stereocenters. The van der Waals surface area contributed by atoms with E-state index in [1.807, 2.05) is 6.92 Å². The Morgan fingerprint density at radius 2 is 1.82 bits per heavy atom. The maximum Gasteiger partial charge on any atom is 0.345 e. The number of pyridine rings is 1. The predicted molar refractivity (Wildman–Crippen MR) is 165 cm³/mol. The van der Waals surface area contributed by atoms with E-state index in [-0.39, 0.29) is 35.8 Å². The molecule has 12 nitrogen and oxygen atoms in total. The topological polar surface area (TPSA) is 151 Å². The fourth-order valence-corrected chi connectivity index (χ4v) is 10.5. The Hall–Kier alpha value is -2.60. The minimum atomic E-state index is -4.03. The third-order valence-electron chi connectivity index (χ3n) is 7.48. The van der Waals surface area contributed by atoms with Crippen LogP contribution >= 0.6 is 19.2 Å². The van der Waals surface area contributed by atoms with Gasteiger partial charge >= 0.3 is 7.60 Å². The highest BCUT2D eigenvalue weighted by Gasteiger charge is 2.57. The summed E-state index contributed by atoms with van der Waals surface area (Å²) in [5, 5.41) is 13.8. The fourth-order valence-electron chi connectivity index (χ4n) is 5.71. The van der Waals surface area contributed by atoms with Crippen LogP contribution in [0.15, 0.2) is 36.5 Å². The van der Waals surface area contributed by atoms with Crippen LogP contribution in [0.5, 0.6) is 0 Å². The van der Waals surface area contributed by atoms with Crippen LogP contribution in [0.2, 0.25) is 5.15 Å². The lowest BCUT2D eigenvalue weighted by Crippen LogP contribution is -2.35. The molecular weight excluding hydrogens is 650 g/mol. The van der Waals surface area contributed by atoms with Gasteiger partial charge in [0, 0.05) is 17.6 Å². The van der Waals surface area contributed by atoms with E-state index in [0.29, 0.717) is 16.7 Å². The van der Waals surface area contributed by atoms with Gasteiger partial charge in [0.05, 0.1) is 24.7 Å². The van der Waals surface area contributed by atoms with E-state index in [1.54, 1.807) is 56.7 Å². The standard InChI is InChI=1S/C29H35ClFN4O8PS/c1-6-39-44(36,40-7-2)16-45(37,38)15-22-24-25(43-29(4,5)42-24)28(41-22)35-13-12-20-23(21(14-32)26(30)34-27(20)35)33-17(3)18-8-10-19(31)11-9-18/h8-13,17,22,24-25,28H,6-7,15-16H2,1-5H3,(H,33,34)/t17-,22-,24-,25-,28-/m1/s1. The molecule has 0 aliphatic carbocycles. The van der Waals surface area contributed by atoms with Crippen LogP contribution < -0.4 is 5.32 Å². The largest absolute Gasteiger partial charge is 0.377 e. The smallest absolute Gasteiger partial charge is 0.345 e. The highest BCUT2D eigenvalue weighted by molar-refractivity contribution is 7.97. The molecule has 2 aliphatic heterocycles. The SMILES string of the molecule is CCOP(=O)(CS(=O)(=O)C[C@H]1O[C@@H](n2ccc3c(N[C@H](C)c4ccc(F)cc4)c(C#N)c(Cl)nc32)[C@@H]2OC(C)(C)O[C@@H]21)OCC. The quantitative estimate of drug-likeness (QED) is 0.179. The maximum absolute atomic E-state index is 13.5. The Balaban J connectivity index is 1.49. The first-order valence-corrected chi connectivity index (χ1v) is 18.3. The third kappa shape index (κ3) is 7.06. The van der Waals surface area contributed by atoms with E-state index >= 15 is 0 Å². The summed E-state index contributed by atoms with van der Waals surface area (Å²) in [5.74, 6) is -1.94. The van der Waals surface area contributed by atoms with Gasteiger partial charge in [0.2, 0.25) is 0 Å². The second-order valence-corrected chi connectivity index (χ2v) is 16.2. The number of sulfone groups is 1. The van der Waals surface area contributed by atoms with Crippen LogP contribution in [-0.2, 0) is 37.7 Å². The van der Waals surface area contributed by atoms with Gasteiger partial charge in [0.15, 0.2) is 32.5 Å². The number of anilines is 1. The van der Waals surface area contributed by atoms with E-state index in [0.717, 1.165) is 5.56 Å². The van der Waals surface area contributed by atoms with Crippen molar-refractivity contribution in [2.24, 2.45) is 0 Å². The minimum absolute atomic E-state index is 0.0218. The number of nitrogens with zero attached hydrogens (tertiary/aromatic N) is 3. The summed E-state index contributed by atoms with van der Waals surface area (Å²) in [4.78, 5) is 4.49. The molecule has 0 spiro atoms. The molecule has 0 saturated carbocycles. The lowest BCUT2D eigenvalue weighted by atomic mass is 10.1. The first kappa shape index (κ1) is 33.8. The van der Waals surface area contributed by atoms with Gasteiger partial charge in [-0.25, -0.2) is 17.8 Å². The van der Waals surface area contributed by atoms with Crippen LogP contribution in [0.25, 0.3) is 11.0 Å². The summed E-state index contributed by atoms with van der Waals surface area (Å²) >= 11 is 6.52. The summed E-state index contributed by atoms with van der Waals surface area (Å²) in [7, 11) is -7.93. The first-order valence-electron chi connectivity index (χ1n) is 14.4. The van der Waals surface area contributed by atoms with Crippen molar-refractivity contribution in [1.82, 2.24) is 9.55 Å². The van der Waals surface area contributed by atoms with Gasteiger partial charge in [-0.05, 0) is 58.4 Å². The number of aromatic nitrogens is 2. The van der Waals surface area contributed by atoms with E-state index in [9.17, 15) is 22.6 Å². The summed E-state index contributed by atoms with van der Waals surface area (Å²) in [6.07, 6.45) is -1.73. The molecule has 2 fully saturated rings. The third-order valence-corrected chi connectivity index (χ3v) is 12.7. The van der Waals surface area contributed by atoms with Crippen LogP contribution in [0.4, 0.5) is 10.1 Å². The molecule has 45 heavy (non-hydrogen) atoms. The van der Waals surface area contributed by atoms with Crippen LogP contribution in [0, 0.1) is 17.1 Å². The van der Waals surface area contributed by atoms with Crippen molar-refractivity contribution < 1.29 is 40.6 Å². The van der Waals surface area contributed by atoms with Crippen LogP contribution in [-0.4, -0.2) is 66.5 Å². The number of nitrogens with one attached hydrogen (secondary N) is 1. The van der Waals surface area contributed by atoms with Gasteiger partial charge in [-0.1, -0.05) is 23.7 Å². The van der Waals surface area contributed by atoms with Crippen molar-refractivity contribution >= 4 is 45.8 Å². The van der Waals surface area contributed by atoms with Crippen molar-refractivity contribution in [3.8, 4) is 6.07 Å². The highest BCUT2D eigenvalue weighted by Crippen LogP contribution is 2.50. The zero-order valence-corrected chi connectivity index (χ0v) is 27.9. The number of hydrogen-bond acceptors (Lipinski definition) is 11. The van der Waals surface area contributed by atoms with E-state index in [1.165, 1.54) is 12.1 Å². The molecule has 244 valence electrons. The van der Waals surface area contributed by atoms with E-state index in [2.05, 4.69) is 16.4 Å². The van der Waals surface area contributed by atoms with Crippen molar-refractivity contribution in [1.29, 1.82) is 5.26 Å². The van der Waals surface area contributed by atoms with Gasteiger partial charge in [-0.2, -0.15) is 5.26 Å². The number of ether oxygens (including phenoxy) is 3. The zero-order chi connectivity index (χ0) is 32.7. The zero-order valence-electron chi connectivity index (χ0n) is 25.4. The van der Waals surface area contributed by atoms with Crippen molar-refractivity contribution in [2.45, 2.75) is 71.0 Å². The monoisotopic (exact) mass is 684 g/mol. The molecule has 2 saturated heterocycles. The molecule has 1 aromatic carbocycles. The summed E-state index contributed by atoms with van der Waals surface area (Å²) in [6, 6.07) is 9.51. The molecule has 0 amide bonds. The molecule has 1 N–H and O–H groups in total. The second-order valence-electron chi connectivity index (χ2n) is 11.3. The van der Waals surface area contributed by atoms with Gasteiger partial charge < -0.3 is 33.1 Å². The summed E-state index contributed by atoms with van der Waals surface area (Å²) in [5.41, 5.74) is 0.868. The molecule has 5 rings (SSSR count). The second kappa shape index (κ2) is 12.9. The lowest BCUT2D eigenvalue weighted by Gasteiger charge is -2.25. The molecular formula is C29H35ClFN4O8PS. The minimum Gasteiger partial charge on any atom is -0.377 e. The number of rotatable bonds is 12. The Bertz CT molecular complexity index is 1750. The van der Waals surface area contributed by atoms with Crippen molar-refractivity contribution in [3.05, 3.63) is 58.6 Å². The number of halogens is 2. The molecule has 0 unspecified atom stereocenters. The number of hydrogen-bond donors (Lipinski definition) is 1. The van der Waals surface area contributed by atoms with Crippen LogP contribution in [0.1, 0.15) is 58.0 Å². The Labute approximate surface area is 266 Å². The number of benzene rings is 1. The average Bonchev–Trinajstić information content (AvgIpc) is 3.59. The lowest BCUT2D eigenvalue weighted by molar-refractivity contribution is -0.193. The Kier molecular flexibility index (Phi) is 9.67. The van der Waals surface area contributed by atoms with Gasteiger partial charge in [0.1, 0.15) is 41.4 Å². The van der Waals surface area contributed by atoms with Crippen molar-refractivity contribution in [2.75, 3.05) is 29.8 Å². The Morgan fingerprint density at radius 1 is 1.18 bits per heavy atom. The van der Waals surface area contributed by atoms with Gasteiger partial charge in [-0.15, -0.1) is 0 Å². The van der Waals surface area contributed by atoms with Crippen LogP contribution in [0.3, 0.4) is 0 Å². The molecule has 3 aromatic rings. The van der Waals surface area contributed by atoms with E-state index in [4.69, 9.17) is 34.9 Å². The Morgan fingerprint density at radius 3 is 2.44 bits per heavy atom. The highest BCUT2D eigenvalue weighted by atomic mass is 35.5. The molecule has 0 radical (unpaired) electrons. The fraction of sp³-hybridized carbons (Fsp3) is 0.517. The number of fused-ring (bicyclic) bond motifs is 2. The summed E-state index contributed by atoms with van der Waals surface area (Å²) in [6.45, 7) is 8.54. The normalized spacial score (nSPS) is 23.6. The predicted octanol–water partition coefficient (Wildman–Crippen LogP) is 5.93. The van der Waals surface area contributed by atoms with E-state index < -0.39 is 59.0 Å². The average molecular weight is 685 g/mol. The molecule has 0 bridgehead atoms. The molecule has 2 aromatic heterocycles. The molecule has 2 aliphatic rings. The van der Waals surface area contributed by atoms with Crippen molar-refractivity contribution in [3.63, 3.8) is 0 Å². The molecule has 16 heteroatoms. The summed E-state index contributed by atoms with van der Waals surface area (Å²) < 4.78 is 83.8. The number of nitriles is 1. The van der Waals surface area contributed by atoms with Gasteiger partial charge in [-0.3, -0.25) is 4.57 Å². The molecule has 4 heterocycles. The maximum atomic E-state index is 13.5. The van der Waals surface area contributed by atoms with Gasteiger partial charge in [0.25, 0.3) is 0 Å².